The van der Waals surface area contributed by atoms with Gasteiger partial charge < -0.3 is 17.2 Å². The van der Waals surface area contributed by atoms with Crippen molar-refractivity contribution in [2.75, 3.05) is 6.54 Å². The molecule has 3 nitrogen and oxygen atoms in total. The minimum Gasteiger partial charge on any atom is -0.330 e. The van der Waals surface area contributed by atoms with Crippen LogP contribution in [0.5, 0.6) is 0 Å². The molecule has 9 heavy (non-hydrogen) atoms. The van der Waals surface area contributed by atoms with Crippen molar-refractivity contribution in [1.29, 1.82) is 0 Å². The molecule has 0 aromatic rings. The van der Waals surface area contributed by atoms with Crippen LogP contribution in [0.3, 0.4) is 0 Å². The van der Waals surface area contributed by atoms with E-state index in [1.807, 2.05) is 6.92 Å². The second kappa shape index (κ2) is 4.73. The lowest BCUT2D eigenvalue weighted by molar-refractivity contribution is 0.522. The van der Waals surface area contributed by atoms with Gasteiger partial charge in [0.25, 0.3) is 0 Å². The Kier molecular flexibility index (Phi) is 4.67. The van der Waals surface area contributed by atoms with Gasteiger partial charge in [0.05, 0.1) is 0 Å². The van der Waals surface area contributed by atoms with Gasteiger partial charge >= 0.3 is 0 Å². The molecule has 0 fully saturated rings. The van der Waals surface area contributed by atoms with E-state index in [1.54, 1.807) is 0 Å². The molecule has 0 aromatic carbocycles. The number of hydrogen-bond donors (Lipinski definition) is 3. The highest BCUT2D eigenvalue weighted by Crippen LogP contribution is 1.94. The lowest BCUT2D eigenvalue weighted by atomic mass is 10.1. The van der Waals surface area contributed by atoms with Crippen LogP contribution < -0.4 is 17.2 Å². The zero-order valence-electron chi connectivity index (χ0n) is 6.01. The molecule has 0 heterocycles. The highest BCUT2D eigenvalue weighted by molar-refractivity contribution is 4.66. The second-order valence-corrected chi connectivity index (χ2v) is 2.55. The summed E-state index contributed by atoms with van der Waals surface area (Å²) in [5, 5.41) is 0. The molecule has 0 aliphatic heterocycles. The van der Waals surface area contributed by atoms with Crippen molar-refractivity contribution in [2.45, 2.75) is 31.8 Å². The first-order valence-corrected chi connectivity index (χ1v) is 3.38. The third-order valence-electron chi connectivity index (χ3n) is 1.21. The van der Waals surface area contributed by atoms with Crippen LogP contribution in [0.15, 0.2) is 0 Å². The smallest absolute Gasteiger partial charge is 0.00654 e. The number of hydrogen-bond acceptors (Lipinski definition) is 3. The van der Waals surface area contributed by atoms with Gasteiger partial charge in [-0.05, 0) is 26.3 Å². The number of nitrogens with two attached hydrogens (primary N) is 3. The third-order valence-corrected chi connectivity index (χ3v) is 1.21. The summed E-state index contributed by atoms with van der Waals surface area (Å²) in [7, 11) is 0. The summed E-state index contributed by atoms with van der Waals surface area (Å²) in [5.74, 6) is 0. The minimum atomic E-state index is 0.190. The minimum absolute atomic E-state index is 0.190. The van der Waals surface area contributed by atoms with Gasteiger partial charge in [-0.1, -0.05) is 0 Å². The predicted octanol–water partition coefficient (Wildman–Crippen LogP) is -0.600. The Morgan fingerprint density at radius 1 is 1.33 bits per heavy atom. The SMILES string of the molecule is C[C@H](N)CC(N)CCN. The highest BCUT2D eigenvalue weighted by Gasteiger charge is 2.02. The van der Waals surface area contributed by atoms with E-state index in [9.17, 15) is 0 Å². The molecule has 0 aliphatic carbocycles. The van der Waals surface area contributed by atoms with Crippen LogP contribution in [0.25, 0.3) is 0 Å². The lowest BCUT2D eigenvalue weighted by Gasteiger charge is -2.11. The zero-order chi connectivity index (χ0) is 7.28. The Hall–Kier alpha value is -0.120. The Bertz CT molecular complexity index is 63.3. The molecule has 2 atom stereocenters. The summed E-state index contributed by atoms with van der Waals surface area (Å²) in [5.41, 5.74) is 16.4. The first-order valence-electron chi connectivity index (χ1n) is 3.38. The van der Waals surface area contributed by atoms with Crippen LogP contribution in [0.4, 0.5) is 0 Å². The molecule has 0 spiro atoms. The van der Waals surface area contributed by atoms with Crippen LogP contribution in [-0.4, -0.2) is 18.6 Å². The van der Waals surface area contributed by atoms with Gasteiger partial charge in [-0.15, -0.1) is 0 Å². The third kappa shape index (κ3) is 5.76. The summed E-state index contributed by atoms with van der Waals surface area (Å²) in [6, 6.07) is 0.390. The Morgan fingerprint density at radius 2 is 1.89 bits per heavy atom. The maximum atomic E-state index is 5.63. The summed E-state index contributed by atoms with van der Waals surface area (Å²) < 4.78 is 0. The molecule has 0 radical (unpaired) electrons. The fourth-order valence-electron chi connectivity index (χ4n) is 0.809. The van der Waals surface area contributed by atoms with Crippen molar-refractivity contribution in [2.24, 2.45) is 17.2 Å². The fourth-order valence-corrected chi connectivity index (χ4v) is 0.809. The standard InChI is InChI=1S/C6H17N3/c1-5(8)4-6(9)2-3-7/h5-6H,2-4,7-9H2,1H3/t5-,6?/m0/s1. The zero-order valence-corrected chi connectivity index (χ0v) is 6.01. The second-order valence-electron chi connectivity index (χ2n) is 2.55. The maximum Gasteiger partial charge on any atom is 0.00654 e. The molecule has 0 amide bonds. The van der Waals surface area contributed by atoms with Gasteiger partial charge in [0.2, 0.25) is 0 Å². The molecule has 56 valence electrons. The van der Waals surface area contributed by atoms with Gasteiger partial charge in [0.15, 0.2) is 0 Å². The summed E-state index contributed by atoms with van der Waals surface area (Å²) >= 11 is 0. The molecule has 0 bridgehead atoms. The van der Waals surface area contributed by atoms with Gasteiger partial charge in [0, 0.05) is 12.1 Å². The van der Waals surface area contributed by atoms with Gasteiger partial charge in [0.1, 0.15) is 0 Å². The number of rotatable bonds is 4. The van der Waals surface area contributed by atoms with Crippen molar-refractivity contribution in [3.8, 4) is 0 Å². The van der Waals surface area contributed by atoms with E-state index in [2.05, 4.69) is 0 Å². The van der Waals surface area contributed by atoms with E-state index >= 15 is 0 Å². The van der Waals surface area contributed by atoms with Gasteiger partial charge in [-0.3, -0.25) is 0 Å². The van der Waals surface area contributed by atoms with Crippen molar-refractivity contribution in [1.82, 2.24) is 0 Å². The van der Waals surface area contributed by atoms with Crippen molar-refractivity contribution >= 4 is 0 Å². The Balaban J connectivity index is 3.15. The normalized spacial score (nSPS) is 17.3. The Morgan fingerprint density at radius 3 is 2.22 bits per heavy atom. The van der Waals surface area contributed by atoms with Crippen molar-refractivity contribution in [3.63, 3.8) is 0 Å². The summed E-state index contributed by atoms with van der Waals surface area (Å²) in [6.45, 7) is 2.62. The highest BCUT2D eigenvalue weighted by atomic mass is 14.7. The molecule has 0 aromatic heterocycles. The average molecular weight is 131 g/mol. The van der Waals surface area contributed by atoms with E-state index in [-0.39, 0.29) is 12.1 Å². The predicted molar refractivity (Wildman–Crippen MR) is 39.9 cm³/mol. The van der Waals surface area contributed by atoms with Crippen molar-refractivity contribution in [3.05, 3.63) is 0 Å². The van der Waals surface area contributed by atoms with Crippen molar-refractivity contribution < 1.29 is 0 Å². The molecule has 0 aliphatic rings. The molecule has 3 heteroatoms. The quantitative estimate of drug-likeness (QED) is 0.476. The van der Waals surface area contributed by atoms with Crippen LogP contribution in [0, 0.1) is 0 Å². The van der Waals surface area contributed by atoms with Crippen LogP contribution >= 0.6 is 0 Å². The van der Waals surface area contributed by atoms with Crippen LogP contribution in [0.1, 0.15) is 19.8 Å². The molecular weight excluding hydrogens is 114 g/mol. The average Bonchev–Trinajstić information content (AvgIpc) is 1.63. The molecule has 6 N–H and O–H groups in total. The summed E-state index contributed by atoms with van der Waals surface area (Å²) in [4.78, 5) is 0. The molecular formula is C6H17N3. The Labute approximate surface area is 56.6 Å². The topological polar surface area (TPSA) is 78.1 Å². The molecule has 0 rings (SSSR count). The maximum absolute atomic E-state index is 5.63. The van der Waals surface area contributed by atoms with Gasteiger partial charge in [-0.2, -0.15) is 0 Å². The molecule has 1 unspecified atom stereocenters. The van der Waals surface area contributed by atoms with E-state index in [4.69, 9.17) is 17.2 Å². The van der Waals surface area contributed by atoms with E-state index in [0.717, 1.165) is 12.8 Å². The fraction of sp³-hybridized carbons (Fsp3) is 1.00. The first kappa shape index (κ1) is 8.88. The largest absolute Gasteiger partial charge is 0.330 e. The molecule has 0 saturated carbocycles. The van der Waals surface area contributed by atoms with Crippen LogP contribution in [0.2, 0.25) is 0 Å². The van der Waals surface area contributed by atoms with E-state index in [1.165, 1.54) is 0 Å². The van der Waals surface area contributed by atoms with Gasteiger partial charge in [-0.25, -0.2) is 0 Å². The lowest BCUT2D eigenvalue weighted by Crippen LogP contribution is -2.31. The summed E-state index contributed by atoms with van der Waals surface area (Å²) in [6.07, 6.45) is 1.75. The van der Waals surface area contributed by atoms with E-state index < -0.39 is 0 Å². The monoisotopic (exact) mass is 131 g/mol. The molecule has 0 saturated heterocycles. The van der Waals surface area contributed by atoms with E-state index in [0.29, 0.717) is 6.54 Å². The van der Waals surface area contributed by atoms with Crippen LogP contribution in [-0.2, 0) is 0 Å². The first-order chi connectivity index (χ1) is 4.16.